The number of allylic oxidation sites excluding steroid dienone is 8. The molecule has 4 N–H and O–H groups in total. The molecule has 1 fully saturated rings. The minimum atomic E-state index is -5.07. The number of aliphatic hydroxyl groups is 3. The molecule has 0 aliphatic carbocycles. The van der Waals surface area contributed by atoms with Gasteiger partial charge >= 0.3 is 16.4 Å². The van der Waals surface area contributed by atoms with Crippen LogP contribution in [0.4, 0.5) is 0 Å². The second-order valence-corrected chi connectivity index (χ2v) is 18.1. The normalized spacial score (nSPS) is 20.3. The zero-order valence-electron chi connectivity index (χ0n) is 39.4. The van der Waals surface area contributed by atoms with Crippen LogP contribution >= 0.6 is 0 Å². The summed E-state index contributed by atoms with van der Waals surface area (Å²) in [4.78, 5) is 12.9. The Hall–Kier alpha value is -1.94. The van der Waals surface area contributed by atoms with E-state index >= 15 is 0 Å². The van der Waals surface area contributed by atoms with Crippen LogP contribution < -0.4 is 0 Å². The molecule has 13 heteroatoms. The Morgan fingerprint density at radius 3 is 1.59 bits per heavy atom. The molecule has 0 aromatic carbocycles. The van der Waals surface area contributed by atoms with Crippen molar-refractivity contribution in [1.29, 1.82) is 0 Å². The van der Waals surface area contributed by atoms with E-state index in [1.165, 1.54) is 103 Å². The Balaban J connectivity index is 2.39. The molecule has 6 atom stereocenters. The monoisotopic (exact) mass is 915 g/mol. The number of hydrogen-bond acceptors (Lipinski definition) is 11. The largest absolute Gasteiger partial charge is 0.457 e. The lowest BCUT2D eigenvalue weighted by atomic mass is 9.99. The van der Waals surface area contributed by atoms with E-state index in [-0.39, 0.29) is 19.6 Å². The highest BCUT2D eigenvalue weighted by Crippen LogP contribution is 2.26. The maximum absolute atomic E-state index is 12.9. The van der Waals surface area contributed by atoms with E-state index < -0.39 is 59.8 Å². The van der Waals surface area contributed by atoms with Crippen LogP contribution in [-0.2, 0) is 38.3 Å². The molecule has 63 heavy (non-hydrogen) atoms. The van der Waals surface area contributed by atoms with Gasteiger partial charge in [-0.3, -0.25) is 9.35 Å². The lowest BCUT2D eigenvalue weighted by molar-refractivity contribution is -0.301. The summed E-state index contributed by atoms with van der Waals surface area (Å²) in [6.45, 7) is 3.82. The van der Waals surface area contributed by atoms with E-state index in [4.69, 9.17) is 18.9 Å². The lowest BCUT2D eigenvalue weighted by Crippen LogP contribution is -2.60. The number of hydrogen-bond donors (Lipinski definition) is 4. The number of carbonyl (C=O) groups is 1. The van der Waals surface area contributed by atoms with Gasteiger partial charge in [0.15, 0.2) is 6.29 Å². The molecule has 0 radical (unpaired) electrons. The lowest BCUT2D eigenvalue weighted by Gasteiger charge is -2.41. The van der Waals surface area contributed by atoms with Crippen molar-refractivity contribution in [3.8, 4) is 0 Å². The highest BCUT2D eigenvalue weighted by Gasteiger charge is 2.48. The molecule has 6 unspecified atom stereocenters. The summed E-state index contributed by atoms with van der Waals surface area (Å²) in [5, 5.41) is 30.7. The van der Waals surface area contributed by atoms with Gasteiger partial charge < -0.3 is 34.3 Å². The van der Waals surface area contributed by atoms with Crippen LogP contribution in [0.1, 0.15) is 200 Å². The number of aliphatic hydroxyl groups excluding tert-OH is 3. The van der Waals surface area contributed by atoms with E-state index in [9.17, 15) is 33.1 Å². The molecule has 1 rings (SSSR count). The summed E-state index contributed by atoms with van der Waals surface area (Å²) < 4.78 is 59.1. The molecule has 0 amide bonds. The molecule has 12 nitrogen and oxygen atoms in total. The number of rotatable bonds is 43. The zero-order chi connectivity index (χ0) is 46.1. The van der Waals surface area contributed by atoms with Gasteiger partial charge in [0.2, 0.25) is 0 Å². The van der Waals surface area contributed by atoms with Crippen LogP contribution in [-0.4, -0.2) is 97.5 Å². The molecule has 1 saturated heterocycles. The molecule has 0 spiro atoms. The Labute approximate surface area is 383 Å². The molecule has 1 heterocycles. The first-order valence-electron chi connectivity index (χ1n) is 24.9. The molecular formula is C50H90O12S. The summed E-state index contributed by atoms with van der Waals surface area (Å²) in [5.41, 5.74) is 0. The van der Waals surface area contributed by atoms with Crippen molar-refractivity contribution in [2.24, 2.45) is 0 Å². The van der Waals surface area contributed by atoms with Crippen molar-refractivity contribution in [2.45, 2.75) is 237 Å². The van der Waals surface area contributed by atoms with E-state index in [2.05, 4.69) is 66.6 Å². The standard InChI is InChI=1S/C50H90O12S/c1-3-5-7-9-11-13-15-17-19-21-22-23-24-25-27-29-31-33-35-37-39-46(52)60-44(43-59-50-48(54)49(62-63(55,56)57)47(53)45(41-51)61-50)42-58-40-38-36-34-32-30-28-26-20-18-16-14-12-10-8-6-4-2/h6,8,12,14,18,20,28,30,44-45,47-51,53-54H,3-5,7,9-11,13,15-17,19,21-27,29,31-43H2,1-2H3,(H,55,56,57)/b8-6-,14-12-,20-18-,30-28-. The topological polar surface area (TPSA) is 178 Å². The smallest absolute Gasteiger partial charge is 0.397 e. The molecule has 0 saturated carbocycles. The van der Waals surface area contributed by atoms with Gasteiger partial charge in [0.1, 0.15) is 30.5 Å². The Bertz CT molecular complexity index is 1290. The van der Waals surface area contributed by atoms with E-state index in [1.807, 2.05) is 0 Å². The fourth-order valence-electron chi connectivity index (χ4n) is 7.49. The maximum Gasteiger partial charge on any atom is 0.397 e. The van der Waals surface area contributed by atoms with E-state index in [1.54, 1.807) is 0 Å². The average molecular weight is 915 g/mol. The summed E-state index contributed by atoms with van der Waals surface area (Å²) in [5.74, 6) is -0.408. The number of unbranched alkanes of at least 4 members (excludes halogenated alkanes) is 22. The van der Waals surface area contributed by atoms with Crippen molar-refractivity contribution >= 4 is 16.4 Å². The van der Waals surface area contributed by atoms with Crippen LogP contribution in [0.15, 0.2) is 48.6 Å². The number of esters is 1. The predicted molar refractivity (Wildman–Crippen MR) is 253 cm³/mol. The summed E-state index contributed by atoms with van der Waals surface area (Å²) in [7, 11) is -5.07. The Morgan fingerprint density at radius 1 is 0.619 bits per heavy atom. The molecule has 1 aliphatic rings. The Morgan fingerprint density at radius 2 is 1.10 bits per heavy atom. The zero-order valence-corrected chi connectivity index (χ0v) is 40.2. The third-order valence-electron chi connectivity index (χ3n) is 11.2. The molecule has 0 aromatic heterocycles. The van der Waals surface area contributed by atoms with E-state index in [0.717, 1.165) is 70.6 Å². The van der Waals surface area contributed by atoms with Gasteiger partial charge in [-0.2, -0.15) is 8.42 Å². The number of ether oxygens (including phenoxy) is 4. The van der Waals surface area contributed by atoms with Gasteiger partial charge in [0.25, 0.3) is 0 Å². The highest BCUT2D eigenvalue weighted by atomic mass is 32.3. The van der Waals surface area contributed by atoms with Gasteiger partial charge in [0, 0.05) is 13.0 Å². The van der Waals surface area contributed by atoms with Crippen LogP contribution in [0.5, 0.6) is 0 Å². The molecular weight excluding hydrogens is 825 g/mol. The molecule has 0 bridgehead atoms. The fraction of sp³-hybridized carbons (Fsp3) is 0.820. The third kappa shape index (κ3) is 35.0. The van der Waals surface area contributed by atoms with Gasteiger partial charge in [0.05, 0.1) is 19.8 Å². The summed E-state index contributed by atoms with van der Waals surface area (Å²) in [6, 6.07) is 0. The molecule has 0 aromatic rings. The van der Waals surface area contributed by atoms with Crippen LogP contribution in [0.3, 0.4) is 0 Å². The number of carbonyl (C=O) groups excluding carboxylic acids is 1. The predicted octanol–water partition coefficient (Wildman–Crippen LogP) is 11.1. The van der Waals surface area contributed by atoms with Crippen LogP contribution in [0.2, 0.25) is 0 Å². The summed E-state index contributed by atoms with van der Waals surface area (Å²) in [6.07, 6.45) is 41.5. The molecule has 368 valence electrons. The first-order chi connectivity index (χ1) is 30.6. The first-order valence-corrected chi connectivity index (χ1v) is 26.3. The first kappa shape index (κ1) is 59.1. The van der Waals surface area contributed by atoms with Crippen molar-refractivity contribution in [2.75, 3.05) is 26.4 Å². The SMILES string of the molecule is CC/C=C\C/C=C\C/C=C\C/C=C\CCCCCOCC(COC1OC(CO)C(O)C(OS(=O)(=O)O)C1O)OC(=O)CCCCCCCCCCCCCCCCCCCCCC. The van der Waals surface area contributed by atoms with Gasteiger partial charge in [-0.15, -0.1) is 0 Å². The summed E-state index contributed by atoms with van der Waals surface area (Å²) >= 11 is 0. The maximum atomic E-state index is 12.9. The van der Waals surface area contributed by atoms with Gasteiger partial charge in [-0.25, -0.2) is 4.18 Å². The van der Waals surface area contributed by atoms with Gasteiger partial charge in [-0.05, 0) is 51.4 Å². The minimum Gasteiger partial charge on any atom is -0.457 e. The molecule has 1 aliphatic heterocycles. The second kappa shape index (κ2) is 41.5. The van der Waals surface area contributed by atoms with Crippen molar-refractivity contribution in [1.82, 2.24) is 0 Å². The average Bonchev–Trinajstić information content (AvgIpc) is 3.26. The highest BCUT2D eigenvalue weighted by molar-refractivity contribution is 7.80. The fourth-order valence-corrected chi connectivity index (χ4v) is 8.00. The van der Waals surface area contributed by atoms with E-state index in [0.29, 0.717) is 13.0 Å². The minimum absolute atomic E-state index is 0.0156. The van der Waals surface area contributed by atoms with Crippen LogP contribution in [0, 0.1) is 0 Å². The van der Waals surface area contributed by atoms with Crippen molar-refractivity contribution in [3.63, 3.8) is 0 Å². The third-order valence-corrected chi connectivity index (χ3v) is 11.7. The quantitative estimate of drug-likeness (QED) is 0.0197. The van der Waals surface area contributed by atoms with Crippen molar-refractivity contribution in [3.05, 3.63) is 48.6 Å². The van der Waals surface area contributed by atoms with Crippen LogP contribution in [0.25, 0.3) is 0 Å². The Kier molecular flexibility index (Phi) is 38.9. The second-order valence-electron chi connectivity index (χ2n) is 17.0. The van der Waals surface area contributed by atoms with Crippen molar-refractivity contribution < 1.29 is 56.2 Å². The van der Waals surface area contributed by atoms with Gasteiger partial charge in [-0.1, -0.05) is 191 Å².